The summed E-state index contributed by atoms with van der Waals surface area (Å²) in [4.78, 5) is 4.44. The molecule has 0 saturated heterocycles. The van der Waals surface area contributed by atoms with Crippen molar-refractivity contribution in [3.8, 4) is 5.69 Å². The fourth-order valence-electron chi connectivity index (χ4n) is 2.43. The van der Waals surface area contributed by atoms with Crippen LogP contribution in [0.5, 0.6) is 0 Å². The number of aryl methyl sites for hydroxylation is 1. The van der Waals surface area contributed by atoms with E-state index in [1.165, 1.54) is 6.26 Å². The quantitative estimate of drug-likeness (QED) is 0.788. The van der Waals surface area contributed by atoms with Gasteiger partial charge in [-0.1, -0.05) is 18.2 Å². The van der Waals surface area contributed by atoms with Gasteiger partial charge in [-0.05, 0) is 36.8 Å². The zero-order valence-corrected chi connectivity index (χ0v) is 12.6. The first-order valence-electron chi connectivity index (χ1n) is 6.42. The fraction of sp³-hybridized carbons (Fsp3) is 0.133. The van der Waals surface area contributed by atoms with Gasteiger partial charge in [-0.3, -0.25) is 4.57 Å². The highest BCUT2D eigenvalue weighted by atomic mass is 32.2. The number of hydrogen-bond acceptors (Lipinski definition) is 4. The minimum atomic E-state index is -3.35. The van der Waals surface area contributed by atoms with Gasteiger partial charge in [0.25, 0.3) is 0 Å². The fourth-order valence-corrected chi connectivity index (χ4v) is 3.26. The van der Waals surface area contributed by atoms with Crippen molar-refractivity contribution in [3.05, 3.63) is 48.0 Å². The third-order valence-corrected chi connectivity index (χ3v) is 4.46. The van der Waals surface area contributed by atoms with Gasteiger partial charge in [0.1, 0.15) is 5.52 Å². The van der Waals surface area contributed by atoms with Crippen LogP contribution in [-0.4, -0.2) is 24.2 Å². The van der Waals surface area contributed by atoms with Crippen molar-refractivity contribution in [2.75, 3.05) is 12.0 Å². The number of para-hydroxylation sites is 1. The smallest absolute Gasteiger partial charge is 0.205 e. The maximum Gasteiger partial charge on any atom is 0.205 e. The molecule has 0 amide bonds. The number of benzene rings is 2. The molecule has 0 unspecified atom stereocenters. The standard InChI is InChI=1S/C15H15N3O2S/c1-10-5-3-6-11(9-10)18-12-7-4-8-13(21(2,19)20)14(12)17-15(18)16/h3-9H,1-2H3,(H2,16,17). The van der Waals surface area contributed by atoms with Gasteiger partial charge in [-0.2, -0.15) is 0 Å². The van der Waals surface area contributed by atoms with Crippen molar-refractivity contribution in [2.45, 2.75) is 11.8 Å². The van der Waals surface area contributed by atoms with Crippen LogP contribution in [0.3, 0.4) is 0 Å². The first kappa shape index (κ1) is 13.6. The Morgan fingerprint density at radius 3 is 2.52 bits per heavy atom. The topological polar surface area (TPSA) is 78.0 Å². The number of rotatable bonds is 2. The maximum absolute atomic E-state index is 11.9. The number of nitrogen functional groups attached to an aromatic ring is 1. The lowest BCUT2D eigenvalue weighted by Crippen LogP contribution is -2.00. The van der Waals surface area contributed by atoms with Crippen LogP contribution in [0.4, 0.5) is 5.95 Å². The number of imidazole rings is 1. The van der Waals surface area contributed by atoms with Crippen molar-refractivity contribution in [2.24, 2.45) is 0 Å². The Kier molecular flexibility index (Phi) is 2.98. The lowest BCUT2D eigenvalue weighted by atomic mass is 10.2. The molecule has 3 rings (SSSR count). The molecular formula is C15H15N3O2S. The molecule has 0 radical (unpaired) electrons. The van der Waals surface area contributed by atoms with Gasteiger partial charge < -0.3 is 5.73 Å². The lowest BCUT2D eigenvalue weighted by Gasteiger charge is -2.07. The van der Waals surface area contributed by atoms with E-state index in [1.54, 1.807) is 16.7 Å². The summed E-state index contributed by atoms with van der Waals surface area (Å²) in [6.07, 6.45) is 1.17. The number of aromatic nitrogens is 2. The van der Waals surface area contributed by atoms with Crippen molar-refractivity contribution >= 4 is 26.8 Å². The predicted octanol–water partition coefficient (Wildman–Crippen LogP) is 2.32. The molecule has 1 heterocycles. The number of sulfone groups is 1. The average molecular weight is 301 g/mol. The van der Waals surface area contributed by atoms with E-state index in [-0.39, 0.29) is 10.8 Å². The molecular weight excluding hydrogens is 286 g/mol. The normalized spacial score (nSPS) is 11.9. The number of anilines is 1. The first-order chi connectivity index (χ1) is 9.88. The Morgan fingerprint density at radius 1 is 1.14 bits per heavy atom. The summed E-state index contributed by atoms with van der Waals surface area (Å²) in [5, 5.41) is 0. The van der Waals surface area contributed by atoms with Gasteiger partial charge in [-0.25, -0.2) is 13.4 Å². The van der Waals surface area contributed by atoms with Gasteiger partial charge in [0.2, 0.25) is 5.95 Å². The van der Waals surface area contributed by atoms with Gasteiger partial charge >= 0.3 is 0 Å². The van der Waals surface area contributed by atoms with E-state index in [9.17, 15) is 8.42 Å². The Bertz CT molecular complexity index is 943. The Balaban J connectivity index is 2.38. The van der Waals surface area contributed by atoms with E-state index in [0.29, 0.717) is 11.0 Å². The molecule has 6 heteroatoms. The van der Waals surface area contributed by atoms with E-state index in [2.05, 4.69) is 4.98 Å². The van der Waals surface area contributed by atoms with E-state index in [0.717, 1.165) is 11.3 Å². The minimum Gasteiger partial charge on any atom is -0.369 e. The summed E-state index contributed by atoms with van der Waals surface area (Å²) < 4.78 is 25.5. The SMILES string of the molecule is Cc1cccc(-n2c(N)nc3c(S(C)(=O)=O)cccc32)c1. The summed E-state index contributed by atoms with van der Waals surface area (Å²) in [5.41, 5.74) is 9.04. The van der Waals surface area contributed by atoms with Crippen molar-refractivity contribution in [1.29, 1.82) is 0 Å². The zero-order chi connectivity index (χ0) is 15.2. The molecule has 0 saturated carbocycles. The molecule has 0 fully saturated rings. The van der Waals surface area contributed by atoms with Crippen molar-refractivity contribution in [1.82, 2.24) is 9.55 Å². The number of fused-ring (bicyclic) bond motifs is 1. The van der Waals surface area contributed by atoms with Crippen molar-refractivity contribution < 1.29 is 8.42 Å². The van der Waals surface area contributed by atoms with Crippen LogP contribution in [-0.2, 0) is 9.84 Å². The molecule has 0 aliphatic heterocycles. The van der Waals surface area contributed by atoms with E-state index in [1.807, 2.05) is 37.3 Å². The second-order valence-electron chi connectivity index (χ2n) is 5.04. The Hall–Kier alpha value is -2.34. The molecule has 0 atom stereocenters. The summed E-state index contributed by atoms with van der Waals surface area (Å²) in [5.74, 6) is 0.270. The Morgan fingerprint density at radius 2 is 1.86 bits per heavy atom. The number of nitrogens with zero attached hydrogens (tertiary/aromatic N) is 2. The third-order valence-electron chi connectivity index (χ3n) is 3.33. The second kappa shape index (κ2) is 4.60. The molecule has 0 spiro atoms. The number of nitrogens with two attached hydrogens (primary N) is 1. The third kappa shape index (κ3) is 2.27. The van der Waals surface area contributed by atoms with E-state index in [4.69, 9.17) is 5.73 Å². The average Bonchev–Trinajstić information content (AvgIpc) is 2.73. The van der Waals surface area contributed by atoms with Gasteiger partial charge in [-0.15, -0.1) is 0 Å². The zero-order valence-electron chi connectivity index (χ0n) is 11.7. The summed E-state index contributed by atoms with van der Waals surface area (Å²) in [6.45, 7) is 1.99. The molecule has 21 heavy (non-hydrogen) atoms. The molecule has 3 aromatic rings. The van der Waals surface area contributed by atoms with E-state index >= 15 is 0 Å². The lowest BCUT2D eigenvalue weighted by molar-refractivity contribution is 0.602. The molecule has 0 aliphatic carbocycles. The van der Waals surface area contributed by atoms with Gasteiger partial charge in [0.05, 0.1) is 10.4 Å². The number of hydrogen-bond donors (Lipinski definition) is 1. The van der Waals surface area contributed by atoms with Crippen LogP contribution in [0.1, 0.15) is 5.56 Å². The Labute approximate surface area is 123 Å². The molecule has 2 aromatic carbocycles. The molecule has 108 valence electrons. The maximum atomic E-state index is 11.9. The van der Waals surface area contributed by atoms with E-state index < -0.39 is 9.84 Å². The highest BCUT2D eigenvalue weighted by molar-refractivity contribution is 7.91. The largest absolute Gasteiger partial charge is 0.369 e. The monoisotopic (exact) mass is 301 g/mol. The minimum absolute atomic E-state index is 0.193. The molecule has 2 N–H and O–H groups in total. The molecule has 1 aromatic heterocycles. The summed E-state index contributed by atoms with van der Waals surface area (Å²) in [6, 6.07) is 12.9. The van der Waals surface area contributed by atoms with Crippen LogP contribution < -0.4 is 5.73 Å². The van der Waals surface area contributed by atoms with Crippen LogP contribution in [0.2, 0.25) is 0 Å². The summed E-state index contributed by atoms with van der Waals surface area (Å²) in [7, 11) is -3.35. The second-order valence-corrected chi connectivity index (χ2v) is 7.02. The highest BCUT2D eigenvalue weighted by Crippen LogP contribution is 2.28. The molecule has 0 bridgehead atoms. The van der Waals surface area contributed by atoms with Crippen LogP contribution in [0, 0.1) is 6.92 Å². The predicted molar refractivity (Wildman–Crippen MR) is 83.3 cm³/mol. The van der Waals surface area contributed by atoms with Crippen LogP contribution >= 0.6 is 0 Å². The summed E-state index contributed by atoms with van der Waals surface area (Å²) >= 11 is 0. The molecule has 0 aliphatic rings. The van der Waals surface area contributed by atoms with Crippen LogP contribution in [0.15, 0.2) is 47.4 Å². The van der Waals surface area contributed by atoms with Crippen LogP contribution in [0.25, 0.3) is 16.7 Å². The highest BCUT2D eigenvalue weighted by Gasteiger charge is 2.18. The van der Waals surface area contributed by atoms with Gasteiger partial charge in [0, 0.05) is 11.9 Å². The molecule has 5 nitrogen and oxygen atoms in total. The van der Waals surface area contributed by atoms with Gasteiger partial charge in [0.15, 0.2) is 9.84 Å². The van der Waals surface area contributed by atoms with Crippen molar-refractivity contribution in [3.63, 3.8) is 0 Å². The first-order valence-corrected chi connectivity index (χ1v) is 8.31.